The van der Waals surface area contributed by atoms with E-state index in [9.17, 15) is 4.79 Å². The Labute approximate surface area is 140 Å². The molecule has 3 aromatic rings. The fourth-order valence-electron chi connectivity index (χ4n) is 3.43. The fraction of sp³-hybridized carbons (Fsp3) is 0.190. The zero-order valence-corrected chi connectivity index (χ0v) is 13.7. The van der Waals surface area contributed by atoms with Gasteiger partial charge >= 0.3 is 0 Å². The molecule has 0 aliphatic carbocycles. The van der Waals surface area contributed by atoms with Crippen LogP contribution in [0.2, 0.25) is 0 Å². The lowest BCUT2D eigenvalue weighted by molar-refractivity contribution is 0.101. The summed E-state index contributed by atoms with van der Waals surface area (Å²) in [6.45, 7) is 3.40. The largest absolute Gasteiger partial charge is 0.484 e. The molecule has 2 aromatic carbocycles. The van der Waals surface area contributed by atoms with E-state index in [1.807, 2.05) is 49.4 Å². The lowest BCUT2D eigenvalue weighted by Crippen LogP contribution is -2.10. The van der Waals surface area contributed by atoms with Gasteiger partial charge in [0, 0.05) is 5.56 Å². The number of Topliss-reactive ketones (excluding diaryl/α,β-unsaturated/α-hetero) is 1. The predicted octanol–water partition coefficient (Wildman–Crippen LogP) is 5.06. The smallest absolute Gasteiger partial charge is 0.163 e. The molecule has 4 rings (SSSR count). The van der Waals surface area contributed by atoms with Gasteiger partial charge in [-0.05, 0) is 31.5 Å². The van der Waals surface area contributed by atoms with Crippen LogP contribution in [0.5, 0.6) is 5.75 Å². The molecule has 1 aromatic heterocycles. The van der Waals surface area contributed by atoms with Crippen molar-refractivity contribution in [2.45, 2.75) is 25.9 Å². The van der Waals surface area contributed by atoms with Crippen molar-refractivity contribution in [3.63, 3.8) is 0 Å². The molecule has 120 valence electrons. The predicted molar refractivity (Wildman–Crippen MR) is 91.5 cm³/mol. The summed E-state index contributed by atoms with van der Waals surface area (Å²) in [6, 6.07) is 20.0. The van der Waals surface area contributed by atoms with Gasteiger partial charge in [0.15, 0.2) is 5.78 Å². The molecular weight excluding hydrogens is 300 g/mol. The van der Waals surface area contributed by atoms with Crippen molar-refractivity contribution in [3.05, 3.63) is 88.9 Å². The summed E-state index contributed by atoms with van der Waals surface area (Å²) in [4.78, 5) is 11.8. The molecule has 24 heavy (non-hydrogen) atoms. The molecule has 3 heteroatoms. The molecule has 0 fully saturated rings. The van der Waals surface area contributed by atoms with E-state index < -0.39 is 0 Å². The first-order valence-corrected chi connectivity index (χ1v) is 8.07. The lowest BCUT2D eigenvalue weighted by Gasteiger charge is -2.17. The van der Waals surface area contributed by atoms with Gasteiger partial charge in [-0.1, -0.05) is 48.5 Å². The van der Waals surface area contributed by atoms with Gasteiger partial charge in [-0.15, -0.1) is 0 Å². The standard InChI is InChI=1S/C21H18O3/c1-13(22)17-12-19(23-14(17)2)20-16-10-6-7-11-18(16)24-21(20)15-8-4-3-5-9-15/h3-12,20-21H,1-2H3/t20-,21+/m1/s1. The van der Waals surface area contributed by atoms with Crippen LogP contribution in [0, 0.1) is 6.92 Å². The second kappa shape index (κ2) is 5.68. The number of aryl methyl sites for hydroxylation is 1. The molecule has 0 unspecified atom stereocenters. The van der Waals surface area contributed by atoms with Crippen LogP contribution in [0.4, 0.5) is 0 Å². The highest BCUT2D eigenvalue weighted by Gasteiger charge is 2.39. The Morgan fingerprint density at radius 1 is 1.00 bits per heavy atom. The van der Waals surface area contributed by atoms with E-state index in [1.165, 1.54) is 0 Å². The van der Waals surface area contributed by atoms with Gasteiger partial charge in [-0.25, -0.2) is 0 Å². The van der Waals surface area contributed by atoms with Gasteiger partial charge in [0.05, 0.1) is 11.5 Å². The van der Waals surface area contributed by atoms with E-state index in [0.29, 0.717) is 11.3 Å². The van der Waals surface area contributed by atoms with Gasteiger partial charge < -0.3 is 9.15 Å². The minimum Gasteiger partial charge on any atom is -0.484 e. The third-order valence-electron chi connectivity index (χ3n) is 4.56. The van der Waals surface area contributed by atoms with Gasteiger partial charge in [0.2, 0.25) is 0 Å². The van der Waals surface area contributed by atoms with Crippen molar-refractivity contribution in [2.24, 2.45) is 0 Å². The van der Waals surface area contributed by atoms with Gasteiger partial charge in [0.25, 0.3) is 0 Å². The van der Waals surface area contributed by atoms with Crippen LogP contribution in [0.15, 0.2) is 65.1 Å². The quantitative estimate of drug-likeness (QED) is 0.634. The number of benzene rings is 2. The molecule has 0 spiro atoms. The first kappa shape index (κ1) is 14.8. The zero-order valence-electron chi connectivity index (χ0n) is 13.7. The number of carbonyl (C=O) groups is 1. The Balaban J connectivity index is 1.85. The van der Waals surface area contributed by atoms with Crippen LogP contribution in [-0.4, -0.2) is 5.78 Å². The Bertz CT molecular complexity index is 892. The van der Waals surface area contributed by atoms with Crippen LogP contribution >= 0.6 is 0 Å². The summed E-state index contributed by atoms with van der Waals surface area (Å²) in [5, 5.41) is 0. The molecule has 0 amide bonds. The van der Waals surface area contributed by atoms with E-state index in [2.05, 4.69) is 18.2 Å². The summed E-state index contributed by atoms with van der Waals surface area (Å²) in [6.07, 6.45) is -0.158. The molecule has 2 atom stereocenters. The van der Waals surface area contributed by atoms with Gasteiger partial charge in [-0.2, -0.15) is 0 Å². The fourth-order valence-corrected chi connectivity index (χ4v) is 3.43. The molecule has 0 bridgehead atoms. The van der Waals surface area contributed by atoms with E-state index in [0.717, 1.165) is 22.6 Å². The Morgan fingerprint density at radius 2 is 1.71 bits per heavy atom. The zero-order chi connectivity index (χ0) is 16.7. The average Bonchev–Trinajstić information content (AvgIpc) is 3.16. The third-order valence-corrected chi connectivity index (χ3v) is 4.56. The number of carbonyl (C=O) groups excluding carboxylic acids is 1. The maximum atomic E-state index is 11.8. The summed E-state index contributed by atoms with van der Waals surface area (Å²) in [7, 11) is 0. The first-order valence-electron chi connectivity index (χ1n) is 8.07. The third kappa shape index (κ3) is 2.33. The second-order valence-electron chi connectivity index (χ2n) is 6.14. The number of rotatable bonds is 3. The van der Waals surface area contributed by atoms with Crippen LogP contribution in [0.1, 0.15) is 52.0 Å². The first-order chi connectivity index (χ1) is 11.6. The second-order valence-corrected chi connectivity index (χ2v) is 6.14. The Morgan fingerprint density at radius 3 is 2.42 bits per heavy atom. The molecule has 1 aliphatic rings. The molecular formula is C21H18O3. The number of ether oxygens (including phenoxy) is 1. The summed E-state index contributed by atoms with van der Waals surface area (Å²) < 4.78 is 12.2. The summed E-state index contributed by atoms with van der Waals surface area (Å²) >= 11 is 0. The number of ketones is 1. The summed E-state index contributed by atoms with van der Waals surface area (Å²) in [5.41, 5.74) is 2.83. The minimum atomic E-state index is -0.158. The van der Waals surface area contributed by atoms with Crippen molar-refractivity contribution in [2.75, 3.05) is 0 Å². The molecule has 0 saturated carbocycles. The number of hydrogen-bond acceptors (Lipinski definition) is 3. The minimum absolute atomic E-state index is 0.0194. The maximum Gasteiger partial charge on any atom is 0.163 e. The van der Waals surface area contributed by atoms with E-state index >= 15 is 0 Å². The van der Waals surface area contributed by atoms with Crippen LogP contribution in [0.3, 0.4) is 0 Å². The molecule has 0 saturated heterocycles. The highest BCUT2D eigenvalue weighted by atomic mass is 16.5. The summed E-state index contributed by atoms with van der Waals surface area (Å²) in [5.74, 6) is 2.27. The average molecular weight is 318 g/mol. The van der Waals surface area contributed by atoms with Crippen molar-refractivity contribution in [3.8, 4) is 5.75 Å². The van der Waals surface area contributed by atoms with Crippen LogP contribution in [-0.2, 0) is 0 Å². The highest BCUT2D eigenvalue weighted by molar-refractivity contribution is 5.95. The van der Waals surface area contributed by atoms with Gasteiger partial charge in [0.1, 0.15) is 23.4 Å². The van der Waals surface area contributed by atoms with Crippen LogP contribution in [0.25, 0.3) is 0 Å². The number of fused-ring (bicyclic) bond motifs is 1. The van der Waals surface area contributed by atoms with Crippen molar-refractivity contribution in [1.82, 2.24) is 0 Å². The van der Waals surface area contributed by atoms with Crippen LogP contribution < -0.4 is 4.74 Å². The number of para-hydroxylation sites is 1. The van der Waals surface area contributed by atoms with Crippen molar-refractivity contribution >= 4 is 5.78 Å². The Hall–Kier alpha value is -2.81. The Kier molecular flexibility index (Phi) is 3.49. The maximum absolute atomic E-state index is 11.8. The molecule has 2 heterocycles. The molecule has 0 radical (unpaired) electrons. The highest BCUT2D eigenvalue weighted by Crippen LogP contribution is 2.49. The van der Waals surface area contributed by atoms with E-state index in [-0.39, 0.29) is 17.8 Å². The molecule has 3 nitrogen and oxygen atoms in total. The SMILES string of the molecule is CC(=O)c1cc([C@H]2c3ccccc3O[C@H]2c2ccccc2)oc1C. The lowest BCUT2D eigenvalue weighted by atomic mass is 9.89. The number of hydrogen-bond donors (Lipinski definition) is 0. The molecule has 1 aliphatic heterocycles. The topological polar surface area (TPSA) is 39.4 Å². The van der Waals surface area contributed by atoms with E-state index in [4.69, 9.17) is 9.15 Å². The van der Waals surface area contributed by atoms with E-state index in [1.54, 1.807) is 6.92 Å². The molecule has 0 N–H and O–H groups in total. The monoisotopic (exact) mass is 318 g/mol. The number of furan rings is 1. The van der Waals surface area contributed by atoms with Crippen molar-refractivity contribution in [1.29, 1.82) is 0 Å². The van der Waals surface area contributed by atoms with Crippen molar-refractivity contribution < 1.29 is 13.9 Å². The normalized spacial score (nSPS) is 18.9. The van der Waals surface area contributed by atoms with Gasteiger partial charge in [-0.3, -0.25) is 4.79 Å².